The van der Waals surface area contributed by atoms with Crippen molar-refractivity contribution in [1.29, 1.82) is 0 Å². The Morgan fingerprint density at radius 2 is 1.39 bits per heavy atom. The molecule has 0 radical (unpaired) electrons. The van der Waals surface area contributed by atoms with E-state index in [1.165, 1.54) is 0 Å². The number of nitrogens with one attached hydrogen (secondary N) is 3. The van der Waals surface area contributed by atoms with Gasteiger partial charge in [-0.25, -0.2) is 4.79 Å². The third-order valence-corrected chi connectivity index (χ3v) is 4.83. The smallest absolute Gasteiger partial charge is 0.328 e. The molecule has 0 aliphatic rings. The van der Waals surface area contributed by atoms with Gasteiger partial charge in [0.25, 0.3) is 0 Å². The second-order valence-corrected chi connectivity index (χ2v) is 7.47. The van der Waals surface area contributed by atoms with Crippen molar-refractivity contribution in [1.82, 2.24) is 16.0 Å². The molecule has 184 valence electrons. The van der Waals surface area contributed by atoms with Crippen molar-refractivity contribution in [3.05, 3.63) is 35.9 Å². The van der Waals surface area contributed by atoms with Crippen molar-refractivity contribution >= 4 is 23.7 Å². The molecular weight excluding hydrogens is 434 g/mol. The van der Waals surface area contributed by atoms with Gasteiger partial charge in [0.1, 0.15) is 24.2 Å². The highest BCUT2D eigenvalue weighted by Gasteiger charge is 2.30. The second-order valence-electron chi connectivity index (χ2n) is 7.47. The summed E-state index contributed by atoms with van der Waals surface area (Å²) in [6.45, 7) is -1.08. The molecule has 0 aromatic heterocycles. The zero-order chi connectivity index (χ0) is 24.8. The fourth-order valence-electron chi connectivity index (χ4n) is 2.91. The normalized spacial score (nSPS) is 14.4. The standard InChI is InChI=1S/C21H33N5O7/c22-9-5-4-8-15(19(30)26-17(12-28)21(32)33)24-20(31)16(25-18(29)14(23)11-27)10-13-6-2-1-3-7-13/h1-3,6-7,14-17,27-28H,4-5,8-12,22-23H2,(H,24,31)(H,25,29)(H,26,30)(H,32,33). The molecule has 0 bridgehead atoms. The van der Waals surface area contributed by atoms with Gasteiger partial charge < -0.3 is 42.7 Å². The molecular formula is C21H33N5O7. The van der Waals surface area contributed by atoms with Crippen LogP contribution in [0.1, 0.15) is 24.8 Å². The predicted molar refractivity (Wildman–Crippen MR) is 119 cm³/mol. The topological polar surface area (TPSA) is 217 Å². The van der Waals surface area contributed by atoms with Crippen molar-refractivity contribution < 1.29 is 34.5 Å². The van der Waals surface area contributed by atoms with E-state index in [0.717, 1.165) is 5.56 Å². The minimum absolute atomic E-state index is 0.0854. The van der Waals surface area contributed by atoms with Crippen molar-refractivity contribution in [3.8, 4) is 0 Å². The fourth-order valence-corrected chi connectivity index (χ4v) is 2.91. The molecule has 1 aromatic carbocycles. The van der Waals surface area contributed by atoms with Crippen molar-refractivity contribution in [3.63, 3.8) is 0 Å². The highest BCUT2D eigenvalue weighted by Crippen LogP contribution is 2.07. The summed E-state index contributed by atoms with van der Waals surface area (Å²) in [5.74, 6) is -3.66. The first-order valence-corrected chi connectivity index (χ1v) is 10.6. The number of carbonyl (C=O) groups is 4. The van der Waals surface area contributed by atoms with E-state index >= 15 is 0 Å². The van der Waals surface area contributed by atoms with Crippen LogP contribution in [0.5, 0.6) is 0 Å². The number of carbonyl (C=O) groups excluding carboxylic acids is 3. The number of carboxylic acid groups (broad SMARTS) is 1. The van der Waals surface area contributed by atoms with Crippen LogP contribution >= 0.6 is 0 Å². The lowest BCUT2D eigenvalue weighted by molar-refractivity contribution is -0.143. The number of hydrogen-bond acceptors (Lipinski definition) is 8. The summed E-state index contributed by atoms with van der Waals surface area (Å²) in [5, 5.41) is 34.6. The first-order chi connectivity index (χ1) is 15.7. The summed E-state index contributed by atoms with van der Waals surface area (Å²) in [5.41, 5.74) is 11.8. The van der Waals surface area contributed by atoms with Gasteiger partial charge in [-0.15, -0.1) is 0 Å². The molecule has 33 heavy (non-hydrogen) atoms. The first kappa shape index (κ1) is 28.0. The third-order valence-electron chi connectivity index (χ3n) is 4.83. The van der Waals surface area contributed by atoms with Gasteiger partial charge in [0, 0.05) is 6.42 Å². The molecule has 10 N–H and O–H groups in total. The molecule has 12 heteroatoms. The van der Waals surface area contributed by atoms with Gasteiger partial charge in [0.2, 0.25) is 17.7 Å². The third kappa shape index (κ3) is 9.95. The number of amides is 3. The van der Waals surface area contributed by atoms with Gasteiger partial charge in [-0.3, -0.25) is 14.4 Å². The molecule has 3 amide bonds. The fraction of sp³-hybridized carbons (Fsp3) is 0.524. The number of carboxylic acids is 1. The Hall–Kier alpha value is -3.06. The highest BCUT2D eigenvalue weighted by molar-refractivity contribution is 5.94. The van der Waals surface area contributed by atoms with E-state index in [9.17, 15) is 24.3 Å². The summed E-state index contributed by atoms with van der Waals surface area (Å²) in [6.07, 6.45) is 1.28. The zero-order valence-corrected chi connectivity index (χ0v) is 18.3. The van der Waals surface area contributed by atoms with Crippen molar-refractivity contribution in [2.24, 2.45) is 11.5 Å². The Morgan fingerprint density at radius 1 is 0.818 bits per heavy atom. The van der Waals surface area contributed by atoms with Crippen LogP contribution in [0.15, 0.2) is 30.3 Å². The molecule has 0 heterocycles. The van der Waals surface area contributed by atoms with Crippen LogP contribution in [0, 0.1) is 0 Å². The SMILES string of the molecule is NCCCCC(NC(=O)C(Cc1ccccc1)NC(=O)C(N)CO)C(=O)NC(CO)C(=O)O. The Balaban J connectivity index is 3.03. The Bertz CT molecular complexity index is 778. The summed E-state index contributed by atoms with van der Waals surface area (Å²) in [7, 11) is 0. The molecule has 0 spiro atoms. The van der Waals surface area contributed by atoms with Gasteiger partial charge in [-0.1, -0.05) is 30.3 Å². The Morgan fingerprint density at radius 3 is 1.94 bits per heavy atom. The Kier molecular flexibility index (Phi) is 12.6. The molecule has 1 rings (SSSR count). The average molecular weight is 468 g/mol. The quantitative estimate of drug-likeness (QED) is 0.125. The maximum Gasteiger partial charge on any atom is 0.328 e. The summed E-state index contributed by atoms with van der Waals surface area (Å²) >= 11 is 0. The number of aliphatic hydroxyl groups excluding tert-OH is 2. The van der Waals surface area contributed by atoms with Gasteiger partial charge in [-0.2, -0.15) is 0 Å². The van der Waals surface area contributed by atoms with Gasteiger partial charge >= 0.3 is 5.97 Å². The largest absolute Gasteiger partial charge is 0.480 e. The van der Waals surface area contributed by atoms with E-state index in [0.29, 0.717) is 19.4 Å². The molecule has 12 nitrogen and oxygen atoms in total. The van der Waals surface area contributed by atoms with Crippen LogP contribution in [0.4, 0.5) is 0 Å². The molecule has 0 aliphatic heterocycles. The number of aliphatic carboxylic acids is 1. The molecule has 0 saturated heterocycles. The molecule has 4 unspecified atom stereocenters. The van der Waals surface area contributed by atoms with E-state index in [4.69, 9.17) is 21.7 Å². The summed E-state index contributed by atoms with van der Waals surface area (Å²) in [4.78, 5) is 49.0. The lowest BCUT2D eigenvalue weighted by Gasteiger charge is -2.25. The number of hydrogen-bond donors (Lipinski definition) is 8. The van der Waals surface area contributed by atoms with Crippen LogP contribution in [0.3, 0.4) is 0 Å². The number of benzene rings is 1. The van der Waals surface area contributed by atoms with Crippen LogP contribution in [0.25, 0.3) is 0 Å². The number of aliphatic hydroxyl groups is 2. The second kappa shape index (κ2) is 14.9. The number of nitrogens with two attached hydrogens (primary N) is 2. The lowest BCUT2D eigenvalue weighted by Crippen LogP contribution is -2.58. The zero-order valence-electron chi connectivity index (χ0n) is 18.3. The van der Waals surface area contributed by atoms with Crippen molar-refractivity contribution in [2.45, 2.75) is 49.9 Å². The predicted octanol–water partition coefficient (Wildman–Crippen LogP) is -2.79. The molecule has 1 aromatic rings. The van der Waals surface area contributed by atoms with E-state index in [-0.39, 0.29) is 12.8 Å². The van der Waals surface area contributed by atoms with E-state index in [1.807, 2.05) is 0 Å². The maximum absolute atomic E-state index is 13.0. The van der Waals surface area contributed by atoms with Gasteiger partial charge in [0.15, 0.2) is 0 Å². The van der Waals surface area contributed by atoms with Crippen LogP contribution in [0.2, 0.25) is 0 Å². The van der Waals surface area contributed by atoms with Gasteiger partial charge in [-0.05, 0) is 31.4 Å². The van der Waals surface area contributed by atoms with Crippen LogP contribution in [-0.2, 0) is 25.6 Å². The highest BCUT2D eigenvalue weighted by atomic mass is 16.4. The lowest BCUT2D eigenvalue weighted by atomic mass is 10.0. The molecule has 0 saturated carbocycles. The minimum Gasteiger partial charge on any atom is -0.480 e. The van der Waals surface area contributed by atoms with Gasteiger partial charge in [0.05, 0.1) is 13.2 Å². The van der Waals surface area contributed by atoms with Crippen molar-refractivity contribution in [2.75, 3.05) is 19.8 Å². The van der Waals surface area contributed by atoms with Crippen LogP contribution in [-0.4, -0.2) is 82.9 Å². The molecule has 0 fully saturated rings. The monoisotopic (exact) mass is 467 g/mol. The average Bonchev–Trinajstić information content (AvgIpc) is 2.81. The summed E-state index contributed by atoms with van der Waals surface area (Å²) < 4.78 is 0. The van der Waals surface area contributed by atoms with E-state index < -0.39 is 61.1 Å². The first-order valence-electron chi connectivity index (χ1n) is 10.6. The Labute approximate surface area is 191 Å². The summed E-state index contributed by atoms with van der Waals surface area (Å²) in [6, 6.07) is 3.80. The minimum atomic E-state index is -1.53. The van der Waals surface area contributed by atoms with E-state index in [2.05, 4.69) is 16.0 Å². The number of unbranched alkanes of at least 4 members (excludes halogenated alkanes) is 1. The molecule has 4 atom stereocenters. The number of rotatable bonds is 15. The maximum atomic E-state index is 13.0. The molecule has 0 aliphatic carbocycles. The van der Waals surface area contributed by atoms with E-state index in [1.54, 1.807) is 30.3 Å². The van der Waals surface area contributed by atoms with Crippen LogP contribution < -0.4 is 27.4 Å².